The lowest BCUT2D eigenvalue weighted by Crippen LogP contribution is -1.98. The van der Waals surface area contributed by atoms with E-state index in [1.807, 2.05) is 24.3 Å². The van der Waals surface area contributed by atoms with E-state index < -0.39 is 4.92 Å². The Bertz CT molecular complexity index is 543. The highest BCUT2D eigenvalue weighted by molar-refractivity contribution is 9.10. The van der Waals surface area contributed by atoms with Gasteiger partial charge in [-0.1, -0.05) is 15.9 Å². The number of benzene rings is 1. The van der Waals surface area contributed by atoms with Crippen LogP contribution < -0.4 is 5.32 Å². The summed E-state index contributed by atoms with van der Waals surface area (Å²) in [6, 6.07) is 10.2. The van der Waals surface area contributed by atoms with E-state index in [1.54, 1.807) is 0 Å². The van der Waals surface area contributed by atoms with Gasteiger partial charge in [0.25, 0.3) is 0 Å². The molecule has 0 amide bonds. The van der Waals surface area contributed by atoms with E-state index in [0.717, 1.165) is 10.2 Å². The van der Waals surface area contributed by atoms with Gasteiger partial charge in [-0.2, -0.15) is 0 Å². The maximum atomic E-state index is 10.8. The van der Waals surface area contributed by atoms with E-state index in [2.05, 4.69) is 26.2 Å². The zero-order chi connectivity index (χ0) is 12.3. The maximum absolute atomic E-state index is 10.8. The molecule has 1 aromatic carbocycles. The second-order valence-corrected chi connectivity index (χ2v) is 4.18. The molecule has 0 saturated carbocycles. The molecule has 0 fully saturated rings. The Morgan fingerprint density at radius 3 is 2.59 bits per heavy atom. The van der Waals surface area contributed by atoms with Crippen molar-refractivity contribution in [2.24, 2.45) is 0 Å². The van der Waals surface area contributed by atoms with Crippen LogP contribution in [0.3, 0.4) is 0 Å². The molecule has 2 rings (SSSR count). The molecule has 0 aliphatic carbocycles. The first-order chi connectivity index (χ1) is 8.16. The average Bonchev–Trinajstić information content (AvgIpc) is 2.32. The highest BCUT2D eigenvalue weighted by atomic mass is 79.9. The molecule has 1 heterocycles. The van der Waals surface area contributed by atoms with Crippen molar-refractivity contribution in [1.29, 1.82) is 0 Å². The van der Waals surface area contributed by atoms with Crippen LogP contribution in [0.1, 0.15) is 0 Å². The number of hydrogen-bond acceptors (Lipinski definition) is 4. The predicted molar refractivity (Wildman–Crippen MR) is 68.3 cm³/mol. The Hall–Kier alpha value is -1.95. The first-order valence-electron chi connectivity index (χ1n) is 4.79. The molecule has 1 N–H and O–H groups in total. The molecule has 0 aliphatic rings. The Labute approximate surface area is 106 Å². The number of hydrogen-bond donors (Lipinski definition) is 1. The maximum Gasteiger partial charge on any atom is 0.311 e. The van der Waals surface area contributed by atoms with Crippen molar-refractivity contribution >= 4 is 33.1 Å². The van der Waals surface area contributed by atoms with Crippen molar-refractivity contribution in [3.8, 4) is 0 Å². The lowest BCUT2D eigenvalue weighted by Gasteiger charge is -2.05. The third kappa shape index (κ3) is 2.79. The third-order valence-electron chi connectivity index (χ3n) is 2.09. The van der Waals surface area contributed by atoms with Crippen LogP contribution in [-0.2, 0) is 0 Å². The fourth-order valence-electron chi connectivity index (χ4n) is 1.31. The molecule has 0 radical (unpaired) electrons. The zero-order valence-electron chi connectivity index (χ0n) is 8.63. The van der Waals surface area contributed by atoms with E-state index in [-0.39, 0.29) is 11.5 Å². The molecule has 0 aliphatic heterocycles. The van der Waals surface area contributed by atoms with Gasteiger partial charge < -0.3 is 5.32 Å². The van der Waals surface area contributed by atoms with Gasteiger partial charge in [0, 0.05) is 22.4 Å². The summed E-state index contributed by atoms with van der Waals surface area (Å²) in [5.41, 5.74) is 0.699. The van der Waals surface area contributed by atoms with Crippen molar-refractivity contribution in [1.82, 2.24) is 4.98 Å². The molecule has 0 unspecified atom stereocenters. The smallest absolute Gasteiger partial charge is 0.311 e. The molecule has 86 valence electrons. The topological polar surface area (TPSA) is 68.1 Å². The Morgan fingerprint density at radius 1 is 1.24 bits per heavy atom. The Kier molecular flexibility index (Phi) is 3.34. The average molecular weight is 294 g/mol. The van der Waals surface area contributed by atoms with E-state index >= 15 is 0 Å². The van der Waals surface area contributed by atoms with Crippen LogP contribution in [0, 0.1) is 10.1 Å². The van der Waals surface area contributed by atoms with Gasteiger partial charge in [0.2, 0.25) is 5.82 Å². The van der Waals surface area contributed by atoms with Crippen LogP contribution in [0.15, 0.2) is 47.1 Å². The summed E-state index contributed by atoms with van der Waals surface area (Å²) in [4.78, 5) is 14.3. The van der Waals surface area contributed by atoms with Crippen molar-refractivity contribution in [2.75, 3.05) is 5.32 Å². The summed E-state index contributed by atoms with van der Waals surface area (Å²) in [6.07, 6.45) is 1.51. The third-order valence-corrected chi connectivity index (χ3v) is 2.62. The number of nitrogens with zero attached hydrogens (tertiary/aromatic N) is 2. The minimum Gasteiger partial charge on any atom is -0.334 e. The molecule has 17 heavy (non-hydrogen) atoms. The standard InChI is InChI=1S/C11H8BrN3O2/c12-8-3-5-9(6-4-8)14-11-10(15(16)17)2-1-7-13-11/h1-7H,(H,13,14). The van der Waals surface area contributed by atoms with Crippen LogP contribution in [-0.4, -0.2) is 9.91 Å². The number of rotatable bonds is 3. The lowest BCUT2D eigenvalue weighted by molar-refractivity contribution is -0.384. The predicted octanol–water partition coefficient (Wildman–Crippen LogP) is 3.50. The van der Waals surface area contributed by atoms with E-state index in [0.29, 0.717) is 0 Å². The normalized spacial score (nSPS) is 9.94. The van der Waals surface area contributed by atoms with Crippen molar-refractivity contribution in [3.63, 3.8) is 0 Å². The second kappa shape index (κ2) is 4.92. The zero-order valence-corrected chi connectivity index (χ0v) is 10.2. The Morgan fingerprint density at radius 2 is 1.94 bits per heavy atom. The van der Waals surface area contributed by atoms with Gasteiger partial charge in [0.05, 0.1) is 4.92 Å². The number of halogens is 1. The summed E-state index contributed by atoms with van der Waals surface area (Å²) < 4.78 is 0.943. The fraction of sp³-hybridized carbons (Fsp3) is 0. The van der Waals surface area contributed by atoms with E-state index in [4.69, 9.17) is 0 Å². The molecule has 0 bridgehead atoms. The molecule has 6 heteroatoms. The SMILES string of the molecule is O=[N+]([O-])c1cccnc1Nc1ccc(Br)cc1. The summed E-state index contributed by atoms with van der Waals surface area (Å²) in [5.74, 6) is 0.236. The molecular weight excluding hydrogens is 286 g/mol. The van der Waals surface area contributed by atoms with Crippen LogP contribution in [0.5, 0.6) is 0 Å². The molecule has 0 atom stereocenters. The van der Waals surface area contributed by atoms with Gasteiger partial charge in [-0.05, 0) is 30.3 Å². The summed E-state index contributed by atoms with van der Waals surface area (Å²) >= 11 is 3.32. The number of nitro groups is 1. The highest BCUT2D eigenvalue weighted by Crippen LogP contribution is 2.25. The van der Waals surface area contributed by atoms with Crippen LogP contribution >= 0.6 is 15.9 Å². The van der Waals surface area contributed by atoms with Gasteiger partial charge in [-0.25, -0.2) is 4.98 Å². The van der Waals surface area contributed by atoms with Crippen molar-refractivity contribution in [2.45, 2.75) is 0 Å². The van der Waals surface area contributed by atoms with Crippen molar-refractivity contribution < 1.29 is 4.92 Å². The van der Waals surface area contributed by atoms with Crippen molar-refractivity contribution in [3.05, 3.63) is 57.2 Å². The first kappa shape index (κ1) is 11.5. The van der Waals surface area contributed by atoms with Gasteiger partial charge >= 0.3 is 5.69 Å². The molecule has 2 aromatic rings. The molecule has 0 spiro atoms. The quantitative estimate of drug-likeness (QED) is 0.695. The molecule has 1 aromatic heterocycles. The largest absolute Gasteiger partial charge is 0.334 e. The summed E-state index contributed by atoms with van der Waals surface area (Å²) in [6.45, 7) is 0. The lowest BCUT2D eigenvalue weighted by atomic mass is 10.3. The summed E-state index contributed by atoms with van der Waals surface area (Å²) in [5, 5.41) is 13.7. The first-order valence-corrected chi connectivity index (χ1v) is 5.58. The second-order valence-electron chi connectivity index (χ2n) is 3.26. The summed E-state index contributed by atoms with van der Waals surface area (Å²) in [7, 11) is 0. The molecule has 0 saturated heterocycles. The van der Waals surface area contributed by atoms with E-state index in [1.165, 1.54) is 18.3 Å². The number of anilines is 2. The number of aromatic nitrogens is 1. The number of pyridine rings is 1. The van der Waals surface area contributed by atoms with Crippen LogP contribution in [0.2, 0.25) is 0 Å². The molecule has 5 nitrogen and oxygen atoms in total. The van der Waals surface area contributed by atoms with Gasteiger partial charge in [-0.3, -0.25) is 10.1 Å². The van der Waals surface area contributed by atoms with Crippen LogP contribution in [0.4, 0.5) is 17.2 Å². The Balaban J connectivity index is 2.30. The van der Waals surface area contributed by atoms with E-state index in [9.17, 15) is 10.1 Å². The monoisotopic (exact) mass is 293 g/mol. The fourth-order valence-corrected chi connectivity index (χ4v) is 1.57. The van der Waals surface area contributed by atoms with Gasteiger partial charge in [0.1, 0.15) is 0 Å². The van der Waals surface area contributed by atoms with Crippen LogP contribution in [0.25, 0.3) is 0 Å². The minimum absolute atomic E-state index is 0.0459. The van der Waals surface area contributed by atoms with Gasteiger partial charge in [-0.15, -0.1) is 0 Å². The van der Waals surface area contributed by atoms with Gasteiger partial charge in [0.15, 0.2) is 0 Å². The highest BCUT2D eigenvalue weighted by Gasteiger charge is 2.13. The number of nitrogens with one attached hydrogen (secondary N) is 1. The molecular formula is C11H8BrN3O2. The minimum atomic E-state index is -0.464.